The SMILES string of the molecule is CCOC(=O)C(C#N)c1cccc(OC(C)C)c1[N+](=O)[O-]. The summed E-state index contributed by atoms with van der Waals surface area (Å²) in [5.41, 5.74) is -0.412. The van der Waals surface area contributed by atoms with Crippen molar-refractivity contribution >= 4 is 11.7 Å². The Morgan fingerprint density at radius 1 is 1.48 bits per heavy atom. The van der Waals surface area contributed by atoms with E-state index < -0.39 is 16.8 Å². The highest BCUT2D eigenvalue weighted by molar-refractivity contribution is 5.83. The molecule has 1 atom stereocenters. The van der Waals surface area contributed by atoms with Gasteiger partial charge in [0.05, 0.1) is 29.3 Å². The number of hydrogen-bond donors (Lipinski definition) is 0. The van der Waals surface area contributed by atoms with E-state index in [1.807, 2.05) is 0 Å². The summed E-state index contributed by atoms with van der Waals surface area (Å²) in [7, 11) is 0. The molecule has 0 spiro atoms. The average Bonchev–Trinajstić information content (AvgIpc) is 2.39. The molecule has 0 fully saturated rings. The standard InChI is InChI=1S/C14H16N2O5/c1-4-20-14(17)11(8-15)10-6-5-7-12(21-9(2)3)13(10)16(18)19/h5-7,9,11H,4H2,1-3H3. The van der Waals surface area contributed by atoms with Crippen LogP contribution in [0.15, 0.2) is 18.2 Å². The van der Waals surface area contributed by atoms with Crippen molar-refractivity contribution in [3.8, 4) is 11.8 Å². The molecule has 0 N–H and O–H groups in total. The molecule has 0 aliphatic heterocycles. The first-order valence-electron chi connectivity index (χ1n) is 6.42. The smallest absolute Gasteiger partial charge is 0.328 e. The van der Waals surface area contributed by atoms with Crippen LogP contribution in [0.1, 0.15) is 32.3 Å². The van der Waals surface area contributed by atoms with Crippen molar-refractivity contribution in [1.82, 2.24) is 0 Å². The minimum Gasteiger partial charge on any atom is -0.484 e. The third-order valence-corrected chi connectivity index (χ3v) is 2.54. The number of nitro groups is 1. The molecule has 7 nitrogen and oxygen atoms in total. The number of nitro benzene ring substituents is 1. The third kappa shape index (κ3) is 3.92. The van der Waals surface area contributed by atoms with E-state index >= 15 is 0 Å². The maximum absolute atomic E-state index is 11.8. The summed E-state index contributed by atoms with van der Waals surface area (Å²) >= 11 is 0. The van der Waals surface area contributed by atoms with E-state index in [4.69, 9.17) is 14.7 Å². The van der Waals surface area contributed by atoms with Crippen LogP contribution in [0.5, 0.6) is 5.75 Å². The van der Waals surface area contributed by atoms with E-state index in [0.717, 1.165) is 0 Å². The second kappa shape index (κ2) is 7.24. The summed E-state index contributed by atoms with van der Waals surface area (Å²) in [6, 6.07) is 6.04. The number of para-hydroxylation sites is 1. The summed E-state index contributed by atoms with van der Waals surface area (Å²) in [6.07, 6.45) is -0.276. The molecule has 7 heteroatoms. The van der Waals surface area contributed by atoms with Gasteiger partial charge in [-0.2, -0.15) is 5.26 Å². The maximum Gasteiger partial charge on any atom is 0.328 e. The molecule has 0 amide bonds. The fourth-order valence-corrected chi connectivity index (χ4v) is 1.79. The fraction of sp³-hybridized carbons (Fsp3) is 0.429. The van der Waals surface area contributed by atoms with E-state index in [2.05, 4.69) is 0 Å². The molecule has 0 heterocycles. The molecule has 0 aromatic heterocycles. The van der Waals surface area contributed by atoms with Gasteiger partial charge in [-0.05, 0) is 32.9 Å². The van der Waals surface area contributed by atoms with Gasteiger partial charge in [-0.15, -0.1) is 0 Å². The molecular formula is C14H16N2O5. The number of carbonyl (C=O) groups is 1. The fourth-order valence-electron chi connectivity index (χ4n) is 1.79. The predicted octanol–water partition coefficient (Wildman–Crippen LogP) is 2.55. The van der Waals surface area contributed by atoms with Crippen molar-refractivity contribution in [2.45, 2.75) is 32.8 Å². The van der Waals surface area contributed by atoms with Crippen molar-refractivity contribution in [1.29, 1.82) is 5.26 Å². The predicted molar refractivity (Wildman–Crippen MR) is 73.8 cm³/mol. The third-order valence-electron chi connectivity index (χ3n) is 2.54. The van der Waals surface area contributed by atoms with Crippen molar-refractivity contribution in [2.75, 3.05) is 6.61 Å². The van der Waals surface area contributed by atoms with Crippen molar-refractivity contribution in [3.05, 3.63) is 33.9 Å². The van der Waals surface area contributed by atoms with Gasteiger partial charge in [-0.1, -0.05) is 6.07 Å². The van der Waals surface area contributed by atoms with E-state index in [1.165, 1.54) is 18.2 Å². The van der Waals surface area contributed by atoms with Crippen LogP contribution in [-0.2, 0) is 9.53 Å². The van der Waals surface area contributed by atoms with E-state index in [1.54, 1.807) is 26.8 Å². The van der Waals surface area contributed by atoms with Crippen molar-refractivity contribution in [2.24, 2.45) is 0 Å². The molecule has 112 valence electrons. The van der Waals surface area contributed by atoms with Gasteiger partial charge in [0.2, 0.25) is 0 Å². The second-order valence-electron chi connectivity index (χ2n) is 4.43. The Morgan fingerprint density at radius 2 is 2.14 bits per heavy atom. The Balaban J connectivity index is 3.37. The van der Waals surface area contributed by atoms with E-state index in [-0.39, 0.29) is 29.7 Å². The van der Waals surface area contributed by atoms with Crippen LogP contribution in [0.2, 0.25) is 0 Å². The average molecular weight is 292 g/mol. The Bertz CT molecular complexity index is 577. The Kier molecular flexibility index (Phi) is 5.67. The van der Waals surface area contributed by atoms with Crippen LogP contribution in [-0.4, -0.2) is 23.6 Å². The van der Waals surface area contributed by atoms with Crippen molar-refractivity contribution < 1.29 is 19.2 Å². The van der Waals surface area contributed by atoms with Gasteiger partial charge in [0, 0.05) is 0 Å². The van der Waals surface area contributed by atoms with Crippen LogP contribution in [0.3, 0.4) is 0 Å². The monoisotopic (exact) mass is 292 g/mol. The minimum atomic E-state index is -1.36. The van der Waals surface area contributed by atoms with Gasteiger partial charge < -0.3 is 9.47 Å². The number of carbonyl (C=O) groups excluding carboxylic acids is 1. The topological polar surface area (TPSA) is 102 Å². The molecule has 1 rings (SSSR count). The van der Waals surface area contributed by atoms with Crippen LogP contribution >= 0.6 is 0 Å². The van der Waals surface area contributed by atoms with Gasteiger partial charge in [0.1, 0.15) is 0 Å². The number of nitriles is 1. The summed E-state index contributed by atoms with van der Waals surface area (Å²) in [5, 5.41) is 20.4. The Morgan fingerprint density at radius 3 is 2.62 bits per heavy atom. The highest BCUT2D eigenvalue weighted by Crippen LogP contribution is 2.36. The molecule has 0 saturated heterocycles. The normalized spacial score (nSPS) is 11.6. The highest BCUT2D eigenvalue weighted by atomic mass is 16.6. The van der Waals surface area contributed by atoms with Crippen LogP contribution in [0.4, 0.5) is 5.69 Å². The first-order chi connectivity index (χ1) is 9.92. The lowest BCUT2D eigenvalue weighted by atomic mass is 9.98. The van der Waals surface area contributed by atoms with Crippen LogP contribution in [0, 0.1) is 21.4 Å². The molecular weight excluding hydrogens is 276 g/mol. The zero-order valence-corrected chi connectivity index (χ0v) is 12.0. The summed E-state index contributed by atoms with van der Waals surface area (Å²) in [5.74, 6) is -2.15. The molecule has 0 aliphatic carbocycles. The molecule has 0 bridgehead atoms. The first-order valence-corrected chi connectivity index (χ1v) is 6.42. The molecule has 1 aromatic rings. The zero-order valence-electron chi connectivity index (χ0n) is 12.0. The molecule has 1 aromatic carbocycles. The lowest BCUT2D eigenvalue weighted by Gasteiger charge is -2.14. The highest BCUT2D eigenvalue weighted by Gasteiger charge is 2.32. The van der Waals surface area contributed by atoms with E-state index in [0.29, 0.717) is 0 Å². The second-order valence-corrected chi connectivity index (χ2v) is 4.43. The maximum atomic E-state index is 11.8. The summed E-state index contributed by atoms with van der Waals surface area (Å²) in [4.78, 5) is 22.4. The molecule has 0 saturated carbocycles. The van der Waals surface area contributed by atoms with Crippen molar-refractivity contribution in [3.63, 3.8) is 0 Å². The largest absolute Gasteiger partial charge is 0.484 e. The van der Waals surface area contributed by atoms with Gasteiger partial charge >= 0.3 is 11.7 Å². The van der Waals surface area contributed by atoms with Gasteiger partial charge in [0.25, 0.3) is 0 Å². The number of benzene rings is 1. The number of rotatable bonds is 6. The Labute approximate surface area is 122 Å². The zero-order chi connectivity index (χ0) is 16.0. The van der Waals surface area contributed by atoms with Crippen LogP contribution in [0.25, 0.3) is 0 Å². The first kappa shape index (κ1) is 16.4. The van der Waals surface area contributed by atoms with E-state index in [9.17, 15) is 14.9 Å². The summed E-state index contributed by atoms with van der Waals surface area (Å²) in [6.45, 7) is 5.14. The molecule has 0 aliphatic rings. The summed E-state index contributed by atoms with van der Waals surface area (Å²) < 4.78 is 10.2. The lowest BCUT2D eigenvalue weighted by Crippen LogP contribution is -2.17. The van der Waals surface area contributed by atoms with Gasteiger partial charge in [-0.25, -0.2) is 0 Å². The van der Waals surface area contributed by atoms with Gasteiger partial charge in [-0.3, -0.25) is 14.9 Å². The number of esters is 1. The van der Waals surface area contributed by atoms with Crippen LogP contribution < -0.4 is 4.74 Å². The molecule has 0 radical (unpaired) electrons. The number of hydrogen-bond acceptors (Lipinski definition) is 6. The number of ether oxygens (including phenoxy) is 2. The quantitative estimate of drug-likeness (QED) is 0.453. The molecule has 21 heavy (non-hydrogen) atoms. The van der Waals surface area contributed by atoms with Gasteiger partial charge in [0.15, 0.2) is 11.7 Å². The number of nitrogens with zero attached hydrogens (tertiary/aromatic N) is 2. The molecule has 1 unspecified atom stereocenters. The Hall–Kier alpha value is -2.62. The lowest BCUT2D eigenvalue weighted by molar-refractivity contribution is -0.386. The minimum absolute atomic E-state index is 0.0250.